The summed E-state index contributed by atoms with van der Waals surface area (Å²) in [6, 6.07) is 2.12. The second-order valence-corrected chi connectivity index (χ2v) is 5.72. The van der Waals surface area contributed by atoms with Gasteiger partial charge in [0.1, 0.15) is 0 Å². The topological polar surface area (TPSA) is 28.2 Å². The highest BCUT2D eigenvalue weighted by Crippen LogP contribution is 2.32. The maximum absolute atomic E-state index is 4.28. The Labute approximate surface area is 104 Å². The lowest BCUT2D eigenvalue weighted by molar-refractivity contribution is 0.292. The lowest BCUT2D eigenvalue weighted by atomic mass is 9.84. The Bertz CT molecular complexity index is 373. The molecule has 0 aliphatic carbocycles. The molecular weight excluding hydrogens is 210 g/mol. The van der Waals surface area contributed by atoms with Gasteiger partial charge in [0.25, 0.3) is 0 Å². The van der Waals surface area contributed by atoms with E-state index >= 15 is 0 Å². The first-order valence-electron chi connectivity index (χ1n) is 6.45. The Hall–Kier alpha value is -1.09. The molecule has 0 amide bonds. The molecule has 94 valence electrons. The molecule has 0 bridgehead atoms. The van der Waals surface area contributed by atoms with E-state index in [1.165, 1.54) is 24.1 Å². The largest absolute Gasteiger partial charge is 0.369 e. The zero-order valence-corrected chi connectivity index (χ0v) is 11.2. The van der Waals surface area contributed by atoms with Crippen molar-refractivity contribution in [1.82, 2.24) is 10.3 Å². The number of rotatable bonds is 3. The summed E-state index contributed by atoms with van der Waals surface area (Å²) in [6.45, 7) is 7.91. The van der Waals surface area contributed by atoms with Gasteiger partial charge in [-0.3, -0.25) is 4.98 Å². The summed E-state index contributed by atoms with van der Waals surface area (Å²) in [5.41, 5.74) is 3.07. The van der Waals surface area contributed by atoms with Crippen LogP contribution in [0.3, 0.4) is 0 Å². The van der Waals surface area contributed by atoms with Crippen LogP contribution in [0, 0.1) is 5.41 Å². The van der Waals surface area contributed by atoms with E-state index in [0.29, 0.717) is 5.41 Å². The molecule has 0 atom stereocenters. The van der Waals surface area contributed by atoms with Crippen LogP contribution >= 0.6 is 0 Å². The Morgan fingerprint density at radius 2 is 2.29 bits per heavy atom. The number of aromatic nitrogens is 1. The Morgan fingerprint density at radius 1 is 1.47 bits per heavy atom. The summed E-state index contributed by atoms with van der Waals surface area (Å²) >= 11 is 0. The smallest absolute Gasteiger partial charge is 0.0598 e. The number of hydrogen-bond donors (Lipinski definition) is 1. The molecule has 2 heterocycles. The first kappa shape index (κ1) is 12.4. The third-order valence-electron chi connectivity index (χ3n) is 3.50. The number of anilines is 1. The van der Waals surface area contributed by atoms with Crippen LogP contribution in [-0.4, -0.2) is 25.1 Å². The third kappa shape index (κ3) is 2.97. The molecule has 3 nitrogen and oxygen atoms in total. The van der Waals surface area contributed by atoms with Crippen LogP contribution in [0.1, 0.15) is 32.3 Å². The first-order valence-corrected chi connectivity index (χ1v) is 6.45. The molecule has 3 heteroatoms. The average Bonchev–Trinajstić information content (AvgIpc) is 2.29. The highest BCUT2D eigenvalue weighted by atomic mass is 15.2. The van der Waals surface area contributed by atoms with Gasteiger partial charge in [0, 0.05) is 25.8 Å². The Balaban J connectivity index is 2.21. The van der Waals surface area contributed by atoms with Crippen molar-refractivity contribution >= 4 is 5.69 Å². The van der Waals surface area contributed by atoms with E-state index in [0.717, 1.165) is 19.6 Å². The van der Waals surface area contributed by atoms with Gasteiger partial charge in [-0.15, -0.1) is 0 Å². The van der Waals surface area contributed by atoms with Gasteiger partial charge in [-0.25, -0.2) is 0 Å². The molecule has 0 radical (unpaired) electrons. The standard InChI is InChI=1S/C14H23N3/c1-14(2)6-4-8-17(11-14)13-10-16-7-5-12(13)9-15-3/h5,7,10,15H,4,6,8-9,11H2,1-3H3. The molecule has 0 spiro atoms. The molecule has 0 saturated carbocycles. The molecule has 1 N–H and O–H groups in total. The maximum atomic E-state index is 4.28. The summed E-state index contributed by atoms with van der Waals surface area (Å²) in [5, 5.41) is 3.23. The van der Waals surface area contributed by atoms with Crippen LogP contribution in [0.5, 0.6) is 0 Å². The van der Waals surface area contributed by atoms with E-state index in [4.69, 9.17) is 0 Å². The number of hydrogen-bond acceptors (Lipinski definition) is 3. The zero-order valence-electron chi connectivity index (χ0n) is 11.2. The monoisotopic (exact) mass is 233 g/mol. The molecule has 1 aliphatic rings. The quantitative estimate of drug-likeness (QED) is 0.869. The molecule has 0 aromatic carbocycles. The highest BCUT2D eigenvalue weighted by molar-refractivity contribution is 5.52. The minimum absolute atomic E-state index is 0.422. The van der Waals surface area contributed by atoms with Crippen LogP contribution in [0.15, 0.2) is 18.5 Å². The Morgan fingerprint density at radius 3 is 3.00 bits per heavy atom. The van der Waals surface area contributed by atoms with E-state index in [9.17, 15) is 0 Å². The van der Waals surface area contributed by atoms with Gasteiger partial charge in [-0.2, -0.15) is 0 Å². The van der Waals surface area contributed by atoms with Gasteiger partial charge in [0.2, 0.25) is 0 Å². The second kappa shape index (κ2) is 5.05. The van der Waals surface area contributed by atoms with Crippen molar-refractivity contribution in [3.05, 3.63) is 24.0 Å². The van der Waals surface area contributed by atoms with Crippen LogP contribution in [0.2, 0.25) is 0 Å². The fourth-order valence-corrected chi connectivity index (χ4v) is 2.67. The normalized spacial score (nSPS) is 19.4. The zero-order chi connectivity index (χ0) is 12.3. The van der Waals surface area contributed by atoms with Crippen molar-refractivity contribution in [2.75, 3.05) is 25.0 Å². The Kier molecular flexibility index (Phi) is 3.67. The number of piperidine rings is 1. The summed E-state index contributed by atoms with van der Waals surface area (Å²) < 4.78 is 0. The molecule has 2 rings (SSSR count). The number of pyridine rings is 1. The van der Waals surface area contributed by atoms with E-state index in [2.05, 4.69) is 35.1 Å². The van der Waals surface area contributed by atoms with Crippen LogP contribution in [0.25, 0.3) is 0 Å². The van der Waals surface area contributed by atoms with E-state index < -0.39 is 0 Å². The molecule has 0 unspecified atom stereocenters. The van der Waals surface area contributed by atoms with E-state index in [1.807, 2.05) is 19.4 Å². The van der Waals surface area contributed by atoms with Crippen molar-refractivity contribution in [3.63, 3.8) is 0 Å². The minimum Gasteiger partial charge on any atom is -0.369 e. The van der Waals surface area contributed by atoms with Crippen LogP contribution in [0.4, 0.5) is 5.69 Å². The first-order chi connectivity index (χ1) is 8.12. The van der Waals surface area contributed by atoms with Gasteiger partial charge in [-0.05, 0) is 36.9 Å². The predicted molar refractivity (Wildman–Crippen MR) is 72.2 cm³/mol. The van der Waals surface area contributed by atoms with Crippen molar-refractivity contribution in [1.29, 1.82) is 0 Å². The van der Waals surface area contributed by atoms with Crippen LogP contribution < -0.4 is 10.2 Å². The predicted octanol–water partition coefficient (Wildman–Crippen LogP) is 2.43. The highest BCUT2D eigenvalue weighted by Gasteiger charge is 2.27. The molecule has 17 heavy (non-hydrogen) atoms. The summed E-state index contributed by atoms with van der Waals surface area (Å²) in [7, 11) is 1.99. The van der Waals surface area contributed by atoms with Crippen molar-refractivity contribution in [3.8, 4) is 0 Å². The van der Waals surface area contributed by atoms with Gasteiger partial charge >= 0.3 is 0 Å². The SMILES string of the molecule is CNCc1ccncc1N1CCCC(C)(C)C1. The average molecular weight is 233 g/mol. The molecule has 1 aromatic rings. The maximum Gasteiger partial charge on any atom is 0.0598 e. The minimum atomic E-state index is 0.422. The van der Waals surface area contributed by atoms with Gasteiger partial charge in [-0.1, -0.05) is 13.8 Å². The van der Waals surface area contributed by atoms with Crippen molar-refractivity contribution in [2.24, 2.45) is 5.41 Å². The molecule has 1 saturated heterocycles. The van der Waals surface area contributed by atoms with Gasteiger partial charge in [0.15, 0.2) is 0 Å². The molecule has 1 aliphatic heterocycles. The van der Waals surface area contributed by atoms with Crippen molar-refractivity contribution < 1.29 is 0 Å². The summed E-state index contributed by atoms with van der Waals surface area (Å²) in [4.78, 5) is 6.77. The van der Waals surface area contributed by atoms with Gasteiger partial charge < -0.3 is 10.2 Å². The third-order valence-corrected chi connectivity index (χ3v) is 3.50. The van der Waals surface area contributed by atoms with Gasteiger partial charge in [0.05, 0.1) is 11.9 Å². The molecule has 1 aromatic heterocycles. The second-order valence-electron chi connectivity index (χ2n) is 5.72. The van der Waals surface area contributed by atoms with E-state index in [1.54, 1.807) is 0 Å². The van der Waals surface area contributed by atoms with Crippen LogP contribution in [-0.2, 0) is 6.54 Å². The number of nitrogens with one attached hydrogen (secondary N) is 1. The lowest BCUT2D eigenvalue weighted by Crippen LogP contribution is -2.40. The van der Waals surface area contributed by atoms with Crippen molar-refractivity contribution in [2.45, 2.75) is 33.2 Å². The lowest BCUT2D eigenvalue weighted by Gasteiger charge is -2.40. The fourth-order valence-electron chi connectivity index (χ4n) is 2.67. The summed E-state index contributed by atoms with van der Waals surface area (Å²) in [5.74, 6) is 0. The molecular formula is C14H23N3. The fraction of sp³-hybridized carbons (Fsp3) is 0.643. The number of nitrogens with zero attached hydrogens (tertiary/aromatic N) is 2. The van der Waals surface area contributed by atoms with E-state index in [-0.39, 0.29) is 0 Å². The summed E-state index contributed by atoms with van der Waals surface area (Å²) in [6.07, 6.45) is 6.49. The molecule has 1 fully saturated rings.